The number of carbonyl (C=O) groups is 3. The fourth-order valence-electron chi connectivity index (χ4n) is 4.47. The van der Waals surface area contributed by atoms with E-state index in [0.717, 1.165) is 13.1 Å². The maximum Gasteiger partial charge on any atom is 0.247 e. The fraction of sp³-hybridized carbons (Fsp3) is 0.560. The summed E-state index contributed by atoms with van der Waals surface area (Å²) in [6.45, 7) is 5.03. The Morgan fingerprint density at radius 3 is 2.68 bits per heavy atom. The van der Waals surface area contributed by atoms with Crippen molar-refractivity contribution in [3.63, 3.8) is 0 Å². The Hall–Kier alpha value is -2.26. The van der Waals surface area contributed by atoms with Crippen molar-refractivity contribution in [3.8, 4) is 11.5 Å². The van der Waals surface area contributed by atoms with E-state index in [2.05, 4.69) is 10.2 Å². The number of hydrogen-bond donors (Lipinski definition) is 3. The Kier molecular flexibility index (Phi) is 11.1. The van der Waals surface area contributed by atoms with Crippen molar-refractivity contribution in [1.29, 1.82) is 0 Å². The molecule has 3 atom stereocenters. The average molecular weight is 631 g/mol. The van der Waals surface area contributed by atoms with Crippen LogP contribution in [0.2, 0.25) is 0 Å². The highest BCUT2D eigenvalue weighted by atomic mass is 127. The Bertz CT molecular complexity index is 998. The van der Waals surface area contributed by atoms with Gasteiger partial charge in [-0.15, -0.1) is 0 Å². The summed E-state index contributed by atoms with van der Waals surface area (Å²) in [5.41, 5.74) is 0.742. The Labute approximate surface area is 229 Å². The number of nitrogens with one attached hydrogen (secondary N) is 1. The van der Waals surface area contributed by atoms with E-state index in [9.17, 15) is 19.5 Å². The van der Waals surface area contributed by atoms with Crippen LogP contribution in [0.5, 0.6) is 11.5 Å². The lowest BCUT2D eigenvalue weighted by Gasteiger charge is -2.41. The first-order valence-corrected chi connectivity index (χ1v) is 13.2. The molecule has 1 aromatic carbocycles. The highest BCUT2D eigenvalue weighted by Crippen LogP contribution is 2.36. The summed E-state index contributed by atoms with van der Waals surface area (Å²) in [6.07, 6.45) is 0.233. The van der Waals surface area contributed by atoms with Crippen LogP contribution in [0.3, 0.4) is 0 Å². The molecule has 1 saturated heterocycles. The van der Waals surface area contributed by atoms with Gasteiger partial charge in [-0.1, -0.05) is 0 Å². The molecule has 0 saturated carbocycles. The number of morpholine rings is 1. The van der Waals surface area contributed by atoms with Gasteiger partial charge in [0.2, 0.25) is 11.8 Å². The van der Waals surface area contributed by atoms with Gasteiger partial charge < -0.3 is 34.6 Å². The van der Waals surface area contributed by atoms with Gasteiger partial charge in [0, 0.05) is 57.2 Å². The second-order valence-electron chi connectivity index (χ2n) is 8.83. The molecular formula is C25H34IN3O8. The van der Waals surface area contributed by atoms with E-state index in [1.165, 1.54) is 26.2 Å². The molecule has 2 aliphatic rings. The van der Waals surface area contributed by atoms with E-state index < -0.39 is 24.2 Å². The molecular weight excluding hydrogens is 597 g/mol. The zero-order chi connectivity index (χ0) is 26.9. The van der Waals surface area contributed by atoms with Crippen LogP contribution < -0.4 is 14.8 Å². The fourth-order valence-corrected chi connectivity index (χ4v) is 5.22. The van der Waals surface area contributed by atoms with Gasteiger partial charge in [0.1, 0.15) is 18.5 Å². The first-order valence-electron chi connectivity index (χ1n) is 12.1. The van der Waals surface area contributed by atoms with Crippen LogP contribution in [-0.2, 0) is 14.3 Å². The van der Waals surface area contributed by atoms with E-state index >= 15 is 0 Å². The molecule has 2 amide bonds. The molecule has 37 heavy (non-hydrogen) atoms. The number of aliphatic hydroxyl groups excluding tert-OH is 2. The number of ether oxygens (including phenoxy) is 3. The maximum absolute atomic E-state index is 12.9. The van der Waals surface area contributed by atoms with Crippen LogP contribution in [0.1, 0.15) is 23.7 Å². The number of aldehydes is 1. The van der Waals surface area contributed by atoms with Crippen molar-refractivity contribution in [3.05, 3.63) is 32.9 Å². The number of hydrogen-bond acceptors (Lipinski definition) is 9. The highest BCUT2D eigenvalue weighted by molar-refractivity contribution is 14.1. The number of amides is 2. The van der Waals surface area contributed by atoms with Gasteiger partial charge in [0.15, 0.2) is 11.5 Å². The lowest BCUT2D eigenvalue weighted by Crippen LogP contribution is -2.56. The van der Waals surface area contributed by atoms with E-state index in [-0.39, 0.29) is 25.5 Å². The standard InChI is InChI=1S/C25H34IN3O8/c1-16(32)29(5-4-28-6-9-36-10-7-28)20-13-18(25(34)27-3-8-30)14-21(23(20)33)37-24-19(26)11-17(15-31)12-22(24)35-2/h11-12,14-15,20-21,23,30,33H,3-10,13H2,1-2H3,(H,27,34). The second kappa shape index (κ2) is 14.0. The minimum atomic E-state index is -1.14. The van der Waals surface area contributed by atoms with Gasteiger partial charge in [0.25, 0.3) is 0 Å². The van der Waals surface area contributed by atoms with Gasteiger partial charge in [-0.05, 0) is 40.8 Å². The molecule has 0 bridgehead atoms. The molecule has 12 heteroatoms. The molecule has 1 fully saturated rings. The first-order chi connectivity index (χ1) is 17.8. The van der Waals surface area contributed by atoms with E-state index in [1.807, 2.05) is 22.6 Å². The van der Waals surface area contributed by atoms with Crippen molar-refractivity contribution in [1.82, 2.24) is 15.1 Å². The van der Waals surface area contributed by atoms with Crippen molar-refractivity contribution < 1.29 is 38.8 Å². The zero-order valence-electron chi connectivity index (χ0n) is 21.0. The Balaban J connectivity index is 1.90. The summed E-state index contributed by atoms with van der Waals surface area (Å²) in [5.74, 6) is -0.0176. The minimum Gasteiger partial charge on any atom is -0.493 e. The SMILES string of the molecule is COc1cc(C=O)cc(I)c1OC1C=C(C(=O)NCCO)CC(N(CCN2CCOCC2)C(C)=O)C1O. The third-order valence-corrected chi connectivity index (χ3v) is 7.22. The summed E-state index contributed by atoms with van der Waals surface area (Å²) in [6, 6.07) is 2.43. The smallest absolute Gasteiger partial charge is 0.247 e. The Morgan fingerprint density at radius 2 is 2.05 bits per heavy atom. The van der Waals surface area contributed by atoms with Crippen molar-refractivity contribution in [2.45, 2.75) is 31.6 Å². The summed E-state index contributed by atoms with van der Waals surface area (Å²) >= 11 is 2.01. The number of benzene rings is 1. The second-order valence-corrected chi connectivity index (χ2v) is 10.00. The molecule has 1 aliphatic heterocycles. The molecule has 11 nitrogen and oxygen atoms in total. The van der Waals surface area contributed by atoms with Crippen LogP contribution in [0.15, 0.2) is 23.8 Å². The molecule has 3 rings (SSSR count). The van der Waals surface area contributed by atoms with Crippen molar-refractivity contribution >= 4 is 40.7 Å². The predicted octanol–water partition coefficient (Wildman–Crippen LogP) is 0.209. The number of halogens is 1. The lowest BCUT2D eigenvalue weighted by atomic mass is 9.88. The van der Waals surface area contributed by atoms with Crippen LogP contribution in [0, 0.1) is 3.57 Å². The third-order valence-electron chi connectivity index (χ3n) is 6.42. The van der Waals surface area contributed by atoms with Crippen molar-refractivity contribution in [2.24, 2.45) is 0 Å². The minimum absolute atomic E-state index is 0.0707. The highest BCUT2D eigenvalue weighted by Gasteiger charge is 2.40. The van der Waals surface area contributed by atoms with Crippen molar-refractivity contribution in [2.75, 3.05) is 59.7 Å². The summed E-state index contributed by atoms with van der Waals surface area (Å²) in [4.78, 5) is 40.6. The summed E-state index contributed by atoms with van der Waals surface area (Å²) in [7, 11) is 1.44. The normalized spacial score (nSPS) is 22.1. The molecule has 0 spiro atoms. The van der Waals surface area contributed by atoms with Gasteiger partial charge in [-0.25, -0.2) is 0 Å². The topological polar surface area (TPSA) is 138 Å². The monoisotopic (exact) mass is 631 g/mol. The third kappa shape index (κ3) is 7.63. The van der Waals surface area contributed by atoms with Gasteiger partial charge in [-0.2, -0.15) is 0 Å². The molecule has 0 aromatic heterocycles. The number of rotatable bonds is 11. The Morgan fingerprint density at radius 1 is 1.32 bits per heavy atom. The maximum atomic E-state index is 12.9. The average Bonchev–Trinajstić information content (AvgIpc) is 2.90. The van der Waals surface area contributed by atoms with Gasteiger partial charge >= 0.3 is 0 Å². The quantitative estimate of drug-likeness (QED) is 0.231. The molecule has 1 aromatic rings. The summed E-state index contributed by atoms with van der Waals surface area (Å²) in [5, 5.41) is 23.2. The molecule has 3 N–H and O–H groups in total. The first kappa shape index (κ1) is 29.3. The van der Waals surface area contributed by atoms with Gasteiger partial charge in [0.05, 0.1) is 36.5 Å². The van der Waals surface area contributed by atoms with E-state index in [0.29, 0.717) is 58.8 Å². The number of aliphatic hydroxyl groups is 2. The van der Waals surface area contributed by atoms with E-state index in [1.54, 1.807) is 11.0 Å². The molecule has 0 radical (unpaired) electrons. The van der Waals surface area contributed by atoms with Crippen LogP contribution in [0.25, 0.3) is 0 Å². The van der Waals surface area contributed by atoms with Crippen LogP contribution >= 0.6 is 22.6 Å². The lowest BCUT2D eigenvalue weighted by molar-refractivity contribution is -0.136. The number of methoxy groups -OCH3 is 1. The zero-order valence-corrected chi connectivity index (χ0v) is 23.2. The molecule has 1 heterocycles. The molecule has 204 valence electrons. The van der Waals surface area contributed by atoms with Crippen LogP contribution in [-0.4, -0.2) is 116 Å². The molecule has 3 unspecified atom stereocenters. The number of carbonyl (C=O) groups excluding carboxylic acids is 3. The van der Waals surface area contributed by atoms with Crippen LogP contribution in [0.4, 0.5) is 0 Å². The van der Waals surface area contributed by atoms with E-state index in [4.69, 9.17) is 19.3 Å². The largest absolute Gasteiger partial charge is 0.493 e. The number of nitrogens with zero attached hydrogens (tertiary/aromatic N) is 2. The molecule has 1 aliphatic carbocycles. The predicted molar refractivity (Wildman–Crippen MR) is 143 cm³/mol. The van der Waals surface area contributed by atoms with Gasteiger partial charge in [-0.3, -0.25) is 19.3 Å². The summed E-state index contributed by atoms with van der Waals surface area (Å²) < 4.78 is 17.6.